The number of benzene rings is 1. The van der Waals surface area contributed by atoms with Gasteiger partial charge in [-0.15, -0.1) is 0 Å². The van der Waals surface area contributed by atoms with Crippen molar-refractivity contribution >= 4 is 11.6 Å². The molecule has 2 rings (SSSR count). The third-order valence-electron chi connectivity index (χ3n) is 3.72. The number of hydrogen-bond donors (Lipinski definition) is 3. The van der Waals surface area contributed by atoms with Crippen molar-refractivity contribution in [1.29, 1.82) is 0 Å². The van der Waals surface area contributed by atoms with Crippen LogP contribution in [-0.2, 0) is 11.0 Å². The summed E-state index contributed by atoms with van der Waals surface area (Å²) in [5, 5.41) is 2.65. The second-order valence-corrected chi connectivity index (χ2v) is 5.51. The maximum atomic E-state index is 12.4. The predicted molar refractivity (Wildman–Crippen MR) is 72.3 cm³/mol. The highest BCUT2D eigenvalue weighted by Crippen LogP contribution is 2.29. The molecule has 3 N–H and O–H groups in total. The average Bonchev–Trinajstić information content (AvgIpc) is 2.41. The lowest BCUT2D eigenvalue weighted by Gasteiger charge is -2.26. The summed E-state index contributed by atoms with van der Waals surface area (Å²) in [7, 11) is 2.12. The van der Waals surface area contributed by atoms with Crippen LogP contribution in [0.5, 0.6) is 0 Å². The molecule has 7 heteroatoms. The Morgan fingerprint density at radius 1 is 1.14 bits per heavy atom. The number of piperazine rings is 1. The van der Waals surface area contributed by atoms with Crippen molar-refractivity contribution < 1.29 is 27.8 Å². The third kappa shape index (κ3) is 4.71. The van der Waals surface area contributed by atoms with E-state index < -0.39 is 11.7 Å². The van der Waals surface area contributed by atoms with Crippen molar-refractivity contribution in [2.75, 3.05) is 45.1 Å². The molecule has 1 heterocycles. The zero-order chi connectivity index (χ0) is 15.5. The van der Waals surface area contributed by atoms with Crippen molar-refractivity contribution in [3.05, 3.63) is 29.8 Å². The molecule has 0 atom stereocenters. The van der Waals surface area contributed by atoms with E-state index in [1.165, 1.54) is 21.9 Å². The minimum absolute atomic E-state index is 0.163. The fourth-order valence-corrected chi connectivity index (χ4v) is 2.38. The van der Waals surface area contributed by atoms with Crippen molar-refractivity contribution in [1.82, 2.24) is 0 Å². The first-order chi connectivity index (χ1) is 9.84. The largest absolute Gasteiger partial charge is 0.416 e. The van der Waals surface area contributed by atoms with Crippen LogP contribution in [0.25, 0.3) is 0 Å². The Morgan fingerprint density at radius 2 is 1.71 bits per heavy atom. The molecular formula is C14H20F3N3O+2. The molecule has 0 saturated carbocycles. The Morgan fingerprint density at radius 3 is 2.24 bits per heavy atom. The van der Waals surface area contributed by atoms with Crippen molar-refractivity contribution in [3.63, 3.8) is 0 Å². The molecule has 1 amide bonds. The van der Waals surface area contributed by atoms with Crippen molar-refractivity contribution in [2.24, 2.45) is 0 Å². The number of hydrogen-bond acceptors (Lipinski definition) is 1. The fraction of sp³-hybridized carbons (Fsp3) is 0.500. The molecule has 1 fully saturated rings. The molecule has 1 aromatic rings. The van der Waals surface area contributed by atoms with Crippen LogP contribution >= 0.6 is 0 Å². The number of carbonyl (C=O) groups excluding carboxylic acids is 1. The first-order valence-electron chi connectivity index (χ1n) is 6.96. The van der Waals surface area contributed by atoms with Crippen molar-refractivity contribution in [2.45, 2.75) is 6.18 Å². The molecule has 116 valence electrons. The molecule has 0 aromatic heterocycles. The first kappa shape index (κ1) is 15.8. The van der Waals surface area contributed by atoms with Gasteiger partial charge < -0.3 is 15.1 Å². The van der Waals surface area contributed by atoms with E-state index in [1.54, 1.807) is 0 Å². The van der Waals surface area contributed by atoms with Crippen LogP contribution in [0.2, 0.25) is 0 Å². The van der Waals surface area contributed by atoms with E-state index in [2.05, 4.69) is 12.4 Å². The van der Waals surface area contributed by atoms with E-state index >= 15 is 0 Å². The molecular weight excluding hydrogens is 283 g/mol. The summed E-state index contributed by atoms with van der Waals surface area (Å²) in [6.45, 7) is 4.29. The summed E-state index contributed by atoms with van der Waals surface area (Å²) in [5.74, 6) is -0.163. The normalized spacial score (nSPS) is 22.9. The smallest absolute Gasteiger partial charge is 0.328 e. The summed E-state index contributed by atoms with van der Waals surface area (Å²) in [5.41, 5.74) is -0.319. The summed E-state index contributed by atoms with van der Waals surface area (Å²) in [6, 6.07) is 4.51. The van der Waals surface area contributed by atoms with E-state index in [4.69, 9.17) is 0 Å². The van der Waals surface area contributed by atoms with Gasteiger partial charge in [0, 0.05) is 5.69 Å². The summed E-state index contributed by atoms with van der Waals surface area (Å²) >= 11 is 0. The summed E-state index contributed by atoms with van der Waals surface area (Å²) in [6.07, 6.45) is -4.35. The molecule has 4 nitrogen and oxygen atoms in total. The van der Waals surface area contributed by atoms with Gasteiger partial charge in [-0.3, -0.25) is 4.79 Å². The number of amides is 1. The number of quaternary nitrogens is 2. The Balaban J connectivity index is 1.85. The van der Waals surface area contributed by atoms with Gasteiger partial charge >= 0.3 is 6.18 Å². The number of halogens is 3. The lowest BCUT2D eigenvalue weighted by Crippen LogP contribution is -3.27. The molecule has 1 saturated heterocycles. The van der Waals surface area contributed by atoms with Crippen LogP contribution in [0, 0.1) is 0 Å². The number of likely N-dealkylation sites (N-methyl/N-ethyl adjacent to an activating group) is 1. The Bertz CT molecular complexity index is 479. The molecule has 0 bridgehead atoms. The van der Waals surface area contributed by atoms with E-state index in [9.17, 15) is 18.0 Å². The second-order valence-electron chi connectivity index (χ2n) is 5.51. The maximum absolute atomic E-state index is 12.4. The fourth-order valence-electron chi connectivity index (χ4n) is 2.38. The molecule has 0 aliphatic carbocycles. The van der Waals surface area contributed by atoms with Gasteiger partial charge in [0.05, 0.1) is 12.6 Å². The number of rotatable bonds is 3. The monoisotopic (exact) mass is 303 g/mol. The van der Waals surface area contributed by atoms with Crippen LogP contribution < -0.4 is 15.1 Å². The van der Waals surface area contributed by atoms with Crippen LogP contribution in [-0.4, -0.2) is 45.7 Å². The Hall–Kier alpha value is -1.60. The predicted octanol–water partition coefficient (Wildman–Crippen LogP) is -0.943. The highest BCUT2D eigenvalue weighted by Gasteiger charge is 2.30. The van der Waals surface area contributed by atoms with Gasteiger partial charge in [0.15, 0.2) is 6.54 Å². The van der Waals surface area contributed by atoms with Gasteiger partial charge in [-0.05, 0) is 24.3 Å². The summed E-state index contributed by atoms with van der Waals surface area (Å²) in [4.78, 5) is 14.6. The maximum Gasteiger partial charge on any atom is 0.416 e. The van der Waals surface area contributed by atoms with Gasteiger partial charge in [-0.25, -0.2) is 0 Å². The molecule has 1 aromatic carbocycles. The van der Waals surface area contributed by atoms with E-state index in [1.807, 2.05) is 0 Å². The van der Waals surface area contributed by atoms with E-state index in [0.29, 0.717) is 12.2 Å². The molecule has 0 radical (unpaired) electrons. The van der Waals surface area contributed by atoms with Gasteiger partial charge in [0.25, 0.3) is 5.91 Å². The molecule has 0 unspecified atom stereocenters. The first-order valence-corrected chi connectivity index (χ1v) is 6.96. The molecule has 0 spiro atoms. The minimum atomic E-state index is -4.35. The van der Waals surface area contributed by atoms with E-state index in [-0.39, 0.29) is 5.91 Å². The highest BCUT2D eigenvalue weighted by molar-refractivity contribution is 5.91. The number of anilines is 1. The topological polar surface area (TPSA) is 38.0 Å². The zero-order valence-corrected chi connectivity index (χ0v) is 11.9. The summed E-state index contributed by atoms with van der Waals surface area (Å²) < 4.78 is 37.3. The average molecular weight is 303 g/mol. The van der Waals surface area contributed by atoms with Gasteiger partial charge in [0.1, 0.15) is 26.2 Å². The SMILES string of the molecule is C[NH+]1CC[NH+](CC(=O)Nc2ccc(C(F)(F)F)cc2)CC1. The van der Waals surface area contributed by atoms with Gasteiger partial charge in [-0.1, -0.05) is 0 Å². The minimum Gasteiger partial charge on any atom is -0.328 e. The number of nitrogens with one attached hydrogen (secondary N) is 3. The zero-order valence-electron chi connectivity index (χ0n) is 11.9. The van der Waals surface area contributed by atoms with E-state index in [0.717, 1.165) is 38.3 Å². The lowest BCUT2D eigenvalue weighted by atomic mass is 10.2. The Labute approximate surface area is 121 Å². The standard InChI is InChI=1S/C14H18F3N3O/c1-19-6-8-20(9-7-19)10-13(21)18-12-4-2-11(3-5-12)14(15,16)17/h2-5H,6-10H2,1H3,(H,18,21)/p+2. The second kappa shape index (κ2) is 6.44. The van der Waals surface area contributed by atoms with Crippen LogP contribution in [0.4, 0.5) is 18.9 Å². The van der Waals surface area contributed by atoms with Crippen LogP contribution in [0.1, 0.15) is 5.56 Å². The number of alkyl halides is 3. The lowest BCUT2D eigenvalue weighted by molar-refractivity contribution is -0.999. The van der Waals surface area contributed by atoms with Crippen molar-refractivity contribution in [3.8, 4) is 0 Å². The quantitative estimate of drug-likeness (QED) is 0.662. The van der Waals surface area contributed by atoms with Crippen LogP contribution in [0.15, 0.2) is 24.3 Å². The molecule has 1 aliphatic rings. The molecule has 1 aliphatic heterocycles. The third-order valence-corrected chi connectivity index (χ3v) is 3.72. The number of carbonyl (C=O) groups is 1. The molecule has 21 heavy (non-hydrogen) atoms. The Kier molecular flexibility index (Phi) is 4.84. The highest BCUT2D eigenvalue weighted by atomic mass is 19.4. The van der Waals surface area contributed by atoms with Gasteiger partial charge in [0.2, 0.25) is 0 Å². The van der Waals surface area contributed by atoms with Crippen LogP contribution in [0.3, 0.4) is 0 Å². The van der Waals surface area contributed by atoms with Gasteiger partial charge in [-0.2, -0.15) is 13.2 Å².